The highest BCUT2D eigenvalue weighted by molar-refractivity contribution is 8.24. The molecule has 3 aromatic carbocycles. The highest BCUT2D eigenvalue weighted by Gasteiger charge is 2.39. The molecule has 1 fully saturated rings. The molecule has 0 bridgehead atoms. The monoisotopic (exact) mass is 512 g/mol. The molecule has 0 saturated carbocycles. The van der Waals surface area contributed by atoms with Gasteiger partial charge in [0.25, 0.3) is 5.91 Å². The molecule has 0 radical (unpaired) electrons. The second kappa shape index (κ2) is 8.68. The molecule has 35 heavy (non-hydrogen) atoms. The smallest absolute Gasteiger partial charge is 0.251 e. The van der Waals surface area contributed by atoms with E-state index in [-0.39, 0.29) is 23.2 Å². The molecular formula is C27H26ClFN2O3S. The standard InChI is InChI=1S/C27H26ClFN2O3S/c1-17-25(21-5-3-4-6-23(21)28)22-12-7-18(26(32)30-27(2)13-14-35(33,34)16-27)15-24(22)31(17)20-10-8-19(29)9-11-20/h3-12,15,33-34H,13-14,16H2,1-2H3,(H,30,32). The molecule has 5 nitrogen and oxygen atoms in total. The second-order valence-corrected chi connectivity index (χ2v) is 12.1. The maximum absolute atomic E-state index is 13.7. The topological polar surface area (TPSA) is 74.5 Å². The summed E-state index contributed by atoms with van der Waals surface area (Å²) in [5, 5.41) is 4.53. The van der Waals surface area contributed by atoms with Gasteiger partial charge in [-0.1, -0.05) is 35.9 Å². The van der Waals surface area contributed by atoms with Crippen LogP contribution in [-0.2, 0) is 0 Å². The molecule has 2 heterocycles. The molecule has 1 amide bonds. The summed E-state index contributed by atoms with van der Waals surface area (Å²) in [5.74, 6) is -0.174. The second-order valence-electron chi connectivity index (χ2n) is 9.40. The van der Waals surface area contributed by atoms with Crippen molar-refractivity contribution in [3.05, 3.63) is 88.8 Å². The number of aromatic nitrogens is 1. The molecule has 1 aliphatic heterocycles. The molecule has 3 N–H and O–H groups in total. The first-order valence-electron chi connectivity index (χ1n) is 11.3. The number of hydrogen-bond acceptors (Lipinski definition) is 3. The largest absolute Gasteiger partial charge is 0.345 e. The number of carbonyl (C=O) groups excluding carboxylic acids is 1. The van der Waals surface area contributed by atoms with Crippen molar-refractivity contribution in [3.63, 3.8) is 0 Å². The van der Waals surface area contributed by atoms with E-state index in [9.17, 15) is 18.3 Å². The highest BCUT2D eigenvalue weighted by Crippen LogP contribution is 2.50. The predicted molar refractivity (Wildman–Crippen MR) is 141 cm³/mol. The third kappa shape index (κ3) is 4.45. The summed E-state index contributed by atoms with van der Waals surface area (Å²) < 4.78 is 35.8. The number of benzene rings is 3. The van der Waals surface area contributed by atoms with Gasteiger partial charge in [0.05, 0.1) is 16.8 Å². The van der Waals surface area contributed by atoms with Crippen LogP contribution in [0.1, 0.15) is 29.4 Å². The average Bonchev–Trinajstić information content (AvgIpc) is 3.25. The van der Waals surface area contributed by atoms with Crippen LogP contribution in [0, 0.1) is 12.7 Å². The summed E-state index contributed by atoms with van der Waals surface area (Å²) >= 11 is 6.56. The number of amides is 1. The van der Waals surface area contributed by atoms with Crippen LogP contribution >= 0.6 is 22.2 Å². The lowest BCUT2D eigenvalue weighted by atomic mass is 9.99. The first kappa shape index (κ1) is 23.9. The summed E-state index contributed by atoms with van der Waals surface area (Å²) in [6, 6.07) is 19.3. The number of rotatable bonds is 4. The Morgan fingerprint density at radius 1 is 1.11 bits per heavy atom. The van der Waals surface area contributed by atoms with Crippen molar-refractivity contribution in [1.29, 1.82) is 0 Å². The van der Waals surface area contributed by atoms with Crippen LogP contribution in [0.3, 0.4) is 0 Å². The van der Waals surface area contributed by atoms with Gasteiger partial charge in [-0.2, -0.15) is 10.6 Å². The first-order valence-corrected chi connectivity index (χ1v) is 13.6. The Balaban J connectivity index is 1.65. The van der Waals surface area contributed by atoms with Crippen molar-refractivity contribution < 1.29 is 18.3 Å². The number of carbonyl (C=O) groups is 1. The van der Waals surface area contributed by atoms with Gasteiger partial charge >= 0.3 is 0 Å². The molecule has 1 aliphatic rings. The summed E-state index contributed by atoms with van der Waals surface area (Å²) in [6.45, 7) is 3.82. The molecule has 0 spiro atoms. The third-order valence-corrected chi connectivity index (χ3v) is 8.93. The summed E-state index contributed by atoms with van der Waals surface area (Å²) in [5.41, 5.74) is 4.06. The molecule has 4 aromatic rings. The lowest BCUT2D eigenvalue weighted by Gasteiger charge is -2.30. The molecule has 1 aromatic heterocycles. The van der Waals surface area contributed by atoms with E-state index in [0.29, 0.717) is 17.0 Å². The zero-order chi connectivity index (χ0) is 25.0. The van der Waals surface area contributed by atoms with E-state index in [2.05, 4.69) is 5.32 Å². The van der Waals surface area contributed by atoms with E-state index in [1.165, 1.54) is 12.1 Å². The van der Waals surface area contributed by atoms with Crippen LogP contribution in [0.25, 0.3) is 27.7 Å². The van der Waals surface area contributed by atoms with Crippen molar-refractivity contribution in [2.24, 2.45) is 0 Å². The minimum absolute atomic E-state index is 0.149. The van der Waals surface area contributed by atoms with Crippen LogP contribution in [-0.4, -0.2) is 36.6 Å². The van der Waals surface area contributed by atoms with E-state index in [1.807, 2.05) is 54.8 Å². The van der Waals surface area contributed by atoms with Gasteiger partial charge in [0, 0.05) is 44.2 Å². The van der Waals surface area contributed by atoms with E-state index >= 15 is 0 Å². The van der Waals surface area contributed by atoms with E-state index in [1.54, 1.807) is 18.2 Å². The van der Waals surface area contributed by atoms with E-state index in [0.717, 1.165) is 33.4 Å². The Labute approximate surface area is 209 Å². The Hall–Kier alpha value is -2.84. The lowest BCUT2D eigenvalue weighted by molar-refractivity contribution is 0.0915. The fourth-order valence-corrected chi connectivity index (χ4v) is 7.36. The molecule has 1 unspecified atom stereocenters. The Morgan fingerprint density at radius 2 is 1.83 bits per heavy atom. The Morgan fingerprint density at radius 3 is 2.49 bits per heavy atom. The first-order chi connectivity index (χ1) is 16.6. The molecule has 182 valence electrons. The zero-order valence-corrected chi connectivity index (χ0v) is 21.0. The fourth-order valence-electron chi connectivity index (χ4n) is 4.97. The third-order valence-electron chi connectivity index (χ3n) is 6.64. The summed E-state index contributed by atoms with van der Waals surface area (Å²) in [6.07, 6.45) is 0.505. The molecule has 0 aliphatic carbocycles. The maximum atomic E-state index is 13.7. The Bertz CT molecular complexity index is 1450. The van der Waals surface area contributed by atoms with Crippen LogP contribution in [0.5, 0.6) is 0 Å². The zero-order valence-electron chi connectivity index (χ0n) is 19.4. The maximum Gasteiger partial charge on any atom is 0.251 e. The van der Waals surface area contributed by atoms with Gasteiger partial charge in [-0.15, -0.1) is 0 Å². The van der Waals surface area contributed by atoms with Crippen molar-refractivity contribution >= 4 is 39.0 Å². The number of nitrogens with zero attached hydrogens (tertiary/aromatic N) is 1. The van der Waals surface area contributed by atoms with Crippen LogP contribution in [0.15, 0.2) is 66.7 Å². The van der Waals surface area contributed by atoms with Crippen LogP contribution < -0.4 is 5.32 Å². The van der Waals surface area contributed by atoms with Crippen molar-refractivity contribution in [3.8, 4) is 16.8 Å². The number of halogens is 2. The number of fused-ring (bicyclic) bond motifs is 1. The quantitative estimate of drug-likeness (QED) is 0.274. The highest BCUT2D eigenvalue weighted by atomic mass is 35.5. The normalized spacial score (nSPS) is 20.2. The van der Waals surface area contributed by atoms with Gasteiger partial charge in [-0.05, 0) is 62.7 Å². The van der Waals surface area contributed by atoms with E-state index < -0.39 is 16.1 Å². The van der Waals surface area contributed by atoms with Crippen LogP contribution in [0.2, 0.25) is 5.02 Å². The SMILES string of the molecule is Cc1c(-c2ccccc2Cl)c2ccc(C(=O)NC3(C)CCS(O)(O)C3)cc2n1-c1ccc(F)cc1. The minimum Gasteiger partial charge on any atom is -0.345 e. The van der Waals surface area contributed by atoms with Gasteiger partial charge in [0.2, 0.25) is 0 Å². The van der Waals surface area contributed by atoms with Crippen molar-refractivity contribution in [2.45, 2.75) is 25.8 Å². The number of hydrogen-bond donors (Lipinski definition) is 3. The van der Waals surface area contributed by atoms with Crippen molar-refractivity contribution in [2.75, 3.05) is 11.5 Å². The van der Waals surface area contributed by atoms with E-state index in [4.69, 9.17) is 11.6 Å². The minimum atomic E-state index is -2.66. The summed E-state index contributed by atoms with van der Waals surface area (Å²) in [4.78, 5) is 13.2. The average molecular weight is 513 g/mol. The molecular weight excluding hydrogens is 487 g/mol. The number of nitrogens with one attached hydrogen (secondary N) is 1. The molecule has 5 rings (SSSR count). The Kier molecular flexibility index (Phi) is 5.92. The molecule has 8 heteroatoms. The molecule has 1 saturated heterocycles. The summed E-state index contributed by atoms with van der Waals surface area (Å²) in [7, 11) is -2.66. The van der Waals surface area contributed by atoms with Crippen molar-refractivity contribution in [1.82, 2.24) is 9.88 Å². The van der Waals surface area contributed by atoms with Crippen LogP contribution in [0.4, 0.5) is 4.39 Å². The lowest BCUT2D eigenvalue weighted by Crippen LogP contribution is -2.46. The molecule has 1 atom stereocenters. The van der Waals surface area contributed by atoms with Gasteiger partial charge in [0.15, 0.2) is 0 Å². The van der Waals surface area contributed by atoms with Gasteiger partial charge < -0.3 is 9.88 Å². The van der Waals surface area contributed by atoms with Gasteiger partial charge in [0.1, 0.15) is 5.82 Å². The fraction of sp³-hybridized carbons (Fsp3) is 0.222. The van der Waals surface area contributed by atoms with Gasteiger partial charge in [-0.25, -0.2) is 4.39 Å². The predicted octanol–water partition coefficient (Wildman–Crippen LogP) is 7.04. The van der Waals surface area contributed by atoms with Gasteiger partial charge in [-0.3, -0.25) is 13.9 Å².